The fraction of sp³-hybridized carbons (Fsp3) is 0.333. The first-order chi connectivity index (χ1) is 8.74. The zero-order valence-corrected chi connectivity index (χ0v) is 12.1. The lowest BCUT2D eigenvalue weighted by atomic mass is 10.1. The van der Waals surface area contributed by atoms with Crippen LogP contribution in [0.1, 0.15) is 17.5 Å². The van der Waals surface area contributed by atoms with Gasteiger partial charge in [-0.1, -0.05) is 17.7 Å². The normalized spacial score (nSPS) is 12.6. The van der Waals surface area contributed by atoms with Crippen molar-refractivity contribution in [3.8, 4) is 0 Å². The summed E-state index contributed by atoms with van der Waals surface area (Å²) < 4.78 is 0. The number of aryl methyl sites for hydroxylation is 2. The zero-order valence-electron chi connectivity index (χ0n) is 10.5. The van der Waals surface area contributed by atoms with E-state index in [1.165, 1.54) is 16.0 Å². The Morgan fingerprint density at radius 2 is 2.00 bits per heavy atom. The van der Waals surface area contributed by atoms with Crippen LogP contribution in [0, 0.1) is 6.92 Å². The number of rotatable bonds is 6. The molecule has 0 amide bonds. The van der Waals surface area contributed by atoms with Gasteiger partial charge >= 0.3 is 0 Å². The Hall–Kier alpha value is -0.770. The van der Waals surface area contributed by atoms with Crippen LogP contribution in [0.15, 0.2) is 46.0 Å². The Labute approximate surface area is 117 Å². The number of thiophene rings is 1. The van der Waals surface area contributed by atoms with Crippen molar-refractivity contribution in [1.82, 2.24) is 0 Å². The summed E-state index contributed by atoms with van der Waals surface area (Å²) in [4.78, 5) is 1.23. The monoisotopic (exact) mass is 278 g/mol. The Morgan fingerprint density at radius 1 is 1.22 bits per heavy atom. The maximum absolute atomic E-state index is 9.95. The summed E-state index contributed by atoms with van der Waals surface area (Å²) in [6.45, 7) is 2.09. The highest BCUT2D eigenvalue weighted by Gasteiger charge is 2.06. The predicted molar refractivity (Wildman–Crippen MR) is 80.5 cm³/mol. The number of aliphatic hydroxyl groups excluding tert-OH is 1. The van der Waals surface area contributed by atoms with Crippen molar-refractivity contribution in [2.24, 2.45) is 0 Å². The van der Waals surface area contributed by atoms with E-state index in [2.05, 4.69) is 48.0 Å². The summed E-state index contributed by atoms with van der Waals surface area (Å²) >= 11 is 3.44. The lowest BCUT2D eigenvalue weighted by Crippen LogP contribution is -2.10. The highest BCUT2D eigenvalue weighted by Crippen LogP contribution is 2.20. The Balaban J connectivity index is 1.71. The van der Waals surface area contributed by atoms with Crippen LogP contribution >= 0.6 is 23.1 Å². The van der Waals surface area contributed by atoms with Crippen molar-refractivity contribution in [2.75, 3.05) is 5.75 Å². The van der Waals surface area contributed by atoms with Gasteiger partial charge in [-0.05, 0) is 54.3 Å². The summed E-state index contributed by atoms with van der Waals surface area (Å²) in [5.74, 6) is 0.771. The van der Waals surface area contributed by atoms with Crippen molar-refractivity contribution in [1.29, 1.82) is 0 Å². The van der Waals surface area contributed by atoms with Gasteiger partial charge in [0.15, 0.2) is 0 Å². The summed E-state index contributed by atoms with van der Waals surface area (Å²) in [6, 6.07) is 10.6. The number of hydrogen-bond donors (Lipinski definition) is 1. The molecule has 0 aliphatic carbocycles. The molecular weight excluding hydrogens is 260 g/mol. The molecule has 0 fully saturated rings. The van der Waals surface area contributed by atoms with E-state index in [1.54, 1.807) is 23.1 Å². The average Bonchev–Trinajstić information content (AvgIpc) is 2.89. The second-order valence-electron chi connectivity index (χ2n) is 4.45. The Morgan fingerprint density at radius 3 is 2.67 bits per heavy atom. The van der Waals surface area contributed by atoms with Crippen molar-refractivity contribution >= 4 is 23.1 Å². The van der Waals surface area contributed by atoms with Crippen molar-refractivity contribution in [3.05, 3.63) is 52.2 Å². The molecule has 1 atom stereocenters. The Kier molecular flexibility index (Phi) is 5.29. The third-order valence-corrected chi connectivity index (χ3v) is 4.70. The van der Waals surface area contributed by atoms with E-state index in [9.17, 15) is 5.11 Å². The SMILES string of the molecule is Cc1ccc(SCC(O)CCc2ccsc2)cc1. The van der Waals surface area contributed by atoms with E-state index in [-0.39, 0.29) is 6.10 Å². The molecule has 1 aromatic heterocycles. The quantitative estimate of drug-likeness (QED) is 0.801. The van der Waals surface area contributed by atoms with Gasteiger partial charge in [0.05, 0.1) is 6.10 Å². The molecular formula is C15H18OS2. The number of hydrogen-bond acceptors (Lipinski definition) is 3. The lowest BCUT2D eigenvalue weighted by Gasteiger charge is -2.09. The molecule has 2 aromatic rings. The molecule has 0 aliphatic rings. The molecule has 2 rings (SSSR count). The molecule has 0 saturated heterocycles. The fourth-order valence-electron chi connectivity index (χ4n) is 1.68. The van der Waals surface area contributed by atoms with Crippen molar-refractivity contribution in [2.45, 2.75) is 30.8 Å². The first kappa shape index (κ1) is 13.7. The summed E-state index contributed by atoms with van der Waals surface area (Å²) in [6.07, 6.45) is 1.59. The topological polar surface area (TPSA) is 20.2 Å². The molecule has 0 saturated carbocycles. The molecule has 3 heteroatoms. The number of aliphatic hydroxyl groups is 1. The van der Waals surface area contributed by atoms with E-state index in [0.717, 1.165) is 18.6 Å². The second-order valence-corrected chi connectivity index (χ2v) is 6.32. The van der Waals surface area contributed by atoms with E-state index in [4.69, 9.17) is 0 Å². The largest absolute Gasteiger partial charge is 0.392 e. The Bertz CT molecular complexity index is 448. The maximum atomic E-state index is 9.95. The first-order valence-electron chi connectivity index (χ1n) is 6.12. The van der Waals surface area contributed by atoms with Gasteiger partial charge in [-0.25, -0.2) is 0 Å². The predicted octanol–water partition coefficient (Wildman–Crippen LogP) is 4.14. The highest BCUT2D eigenvalue weighted by atomic mass is 32.2. The van der Waals surface area contributed by atoms with Crippen LogP contribution in [-0.2, 0) is 6.42 Å². The molecule has 0 radical (unpaired) electrons. The van der Waals surface area contributed by atoms with E-state index in [1.807, 2.05) is 0 Å². The smallest absolute Gasteiger partial charge is 0.0637 e. The van der Waals surface area contributed by atoms with Gasteiger partial charge in [0.2, 0.25) is 0 Å². The van der Waals surface area contributed by atoms with Gasteiger partial charge < -0.3 is 5.11 Å². The van der Waals surface area contributed by atoms with Crippen LogP contribution in [-0.4, -0.2) is 17.0 Å². The van der Waals surface area contributed by atoms with Crippen LogP contribution in [0.4, 0.5) is 0 Å². The van der Waals surface area contributed by atoms with Gasteiger partial charge in [0.25, 0.3) is 0 Å². The molecule has 0 aliphatic heterocycles. The van der Waals surface area contributed by atoms with Crippen molar-refractivity contribution < 1.29 is 5.11 Å². The molecule has 1 N–H and O–H groups in total. The third-order valence-electron chi connectivity index (χ3n) is 2.81. The highest BCUT2D eigenvalue weighted by molar-refractivity contribution is 7.99. The molecule has 1 aromatic carbocycles. The van der Waals surface area contributed by atoms with E-state index >= 15 is 0 Å². The molecule has 0 bridgehead atoms. The second kappa shape index (κ2) is 6.98. The minimum absolute atomic E-state index is 0.226. The van der Waals surface area contributed by atoms with E-state index < -0.39 is 0 Å². The molecule has 1 heterocycles. The standard InChI is InChI=1S/C15H18OS2/c1-12-2-6-15(7-3-12)18-11-14(16)5-4-13-8-9-17-10-13/h2-3,6-10,14,16H,4-5,11H2,1H3. The molecule has 1 nitrogen and oxygen atoms in total. The van der Waals surface area contributed by atoms with Crippen LogP contribution in [0.2, 0.25) is 0 Å². The minimum Gasteiger partial charge on any atom is -0.392 e. The van der Waals surface area contributed by atoms with Gasteiger partial charge in [-0.15, -0.1) is 11.8 Å². The van der Waals surface area contributed by atoms with Gasteiger partial charge in [0, 0.05) is 10.6 Å². The third kappa shape index (κ3) is 4.48. The lowest BCUT2D eigenvalue weighted by molar-refractivity contribution is 0.189. The minimum atomic E-state index is -0.226. The average molecular weight is 278 g/mol. The van der Waals surface area contributed by atoms with Gasteiger partial charge in [0.1, 0.15) is 0 Å². The van der Waals surface area contributed by atoms with Crippen LogP contribution in [0.3, 0.4) is 0 Å². The first-order valence-corrected chi connectivity index (χ1v) is 8.05. The van der Waals surface area contributed by atoms with Gasteiger partial charge in [-0.3, -0.25) is 0 Å². The summed E-state index contributed by atoms with van der Waals surface area (Å²) in [7, 11) is 0. The van der Waals surface area contributed by atoms with Crippen LogP contribution < -0.4 is 0 Å². The molecule has 18 heavy (non-hydrogen) atoms. The van der Waals surface area contributed by atoms with Gasteiger partial charge in [-0.2, -0.15) is 11.3 Å². The maximum Gasteiger partial charge on any atom is 0.0637 e. The van der Waals surface area contributed by atoms with E-state index in [0.29, 0.717) is 0 Å². The van der Waals surface area contributed by atoms with Crippen LogP contribution in [0.25, 0.3) is 0 Å². The summed E-state index contributed by atoms with van der Waals surface area (Å²) in [5, 5.41) is 14.2. The molecule has 0 spiro atoms. The van der Waals surface area contributed by atoms with Crippen molar-refractivity contribution in [3.63, 3.8) is 0 Å². The fourth-order valence-corrected chi connectivity index (χ4v) is 3.26. The number of benzene rings is 1. The number of thioether (sulfide) groups is 1. The van der Waals surface area contributed by atoms with Crippen LogP contribution in [0.5, 0.6) is 0 Å². The zero-order chi connectivity index (χ0) is 12.8. The summed E-state index contributed by atoms with van der Waals surface area (Å²) in [5.41, 5.74) is 2.61. The molecule has 96 valence electrons. The molecule has 1 unspecified atom stereocenters.